The second kappa shape index (κ2) is 8.53. The van der Waals surface area contributed by atoms with Crippen LogP contribution in [0.25, 0.3) is 0 Å². The van der Waals surface area contributed by atoms with Gasteiger partial charge in [-0.2, -0.15) is 4.31 Å². The number of carbonyl (C=O) groups is 1. The Morgan fingerprint density at radius 1 is 1.24 bits per heavy atom. The van der Waals surface area contributed by atoms with Gasteiger partial charge in [0.2, 0.25) is 10.0 Å². The largest absolute Gasteiger partial charge is 0.298 e. The van der Waals surface area contributed by atoms with Crippen molar-refractivity contribution in [2.75, 3.05) is 11.9 Å². The van der Waals surface area contributed by atoms with E-state index in [0.717, 1.165) is 31.4 Å². The van der Waals surface area contributed by atoms with Crippen LogP contribution in [0.3, 0.4) is 0 Å². The first-order chi connectivity index (χ1) is 13.6. The number of carbonyl (C=O) groups excluding carboxylic acids is 1. The van der Waals surface area contributed by atoms with Gasteiger partial charge < -0.3 is 0 Å². The van der Waals surface area contributed by atoms with Gasteiger partial charge >= 0.3 is 0 Å². The number of benzene rings is 1. The van der Waals surface area contributed by atoms with E-state index in [0.29, 0.717) is 17.2 Å². The van der Waals surface area contributed by atoms with Crippen molar-refractivity contribution in [2.24, 2.45) is 0 Å². The molecule has 1 saturated heterocycles. The van der Waals surface area contributed by atoms with Crippen LogP contribution >= 0.6 is 11.3 Å². The lowest BCUT2D eigenvalue weighted by atomic mass is 9.93. The molecule has 1 aromatic carbocycles. The van der Waals surface area contributed by atoms with E-state index in [1.807, 2.05) is 12.3 Å². The number of aromatic nitrogens is 1. The molecule has 0 saturated carbocycles. The summed E-state index contributed by atoms with van der Waals surface area (Å²) in [7, 11) is -3.55. The fourth-order valence-electron chi connectivity index (χ4n) is 3.46. The van der Waals surface area contributed by atoms with E-state index in [9.17, 15) is 13.2 Å². The van der Waals surface area contributed by atoms with Crippen LogP contribution in [0.5, 0.6) is 0 Å². The van der Waals surface area contributed by atoms with E-state index < -0.39 is 10.0 Å². The van der Waals surface area contributed by atoms with Crippen molar-refractivity contribution in [3.05, 3.63) is 40.9 Å². The van der Waals surface area contributed by atoms with E-state index in [1.165, 1.54) is 23.5 Å². The number of nitrogens with zero attached hydrogens (tertiary/aromatic N) is 2. The van der Waals surface area contributed by atoms with E-state index in [4.69, 9.17) is 0 Å². The number of amides is 1. The Hall–Kier alpha value is -1.77. The molecule has 1 N–H and O–H groups in total. The molecule has 6 nitrogen and oxygen atoms in total. The molecule has 0 spiro atoms. The van der Waals surface area contributed by atoms with Crippen molar-refractivity contribution in [3.63, 3.8) is 0 Å². The maximum Gasteiger partial charge on any atom is 0.257 e. The van der Waals surface area contributed by atoms with E-state index in [1.54, 1.807) is 16.4 Å². The van der Waals surface area contributed by atoms with E-state index >= 15 is 0 Å². The lowest BCUT2D eigenvalue weighted by Crippen LogP contribution is -2.43. The van der Waals surface area contributed by atoms with Gasteiger partial charge in [-0.1, -0.05) is 34.1 Å². The van der Waals surface area contributed by atoms with Gasteiger partial charge in [0.25, 0.3) is 5.91 Å². The van der Waals surface area contributed by atoms with Gasteiger partial charge in [0.15, 0.2) is 5.13 Å². The molecule has 1 aromatic heterocycles. The third-order valence-corrected chi connectivity index (χ3v) is 7.98. The van der Waals surface area contributed by atoms with Crippen molar-refractivity contribution in [1.29, 1.82) is 0 Å². The second-order valence-electron chi connectivity index (χ2n) is 8.44. The second-order valence-corrected chi connectivity index (χ2v) is 11.2. The maximum atomic E-state index is 13.0. The molecule has 1 fully saturated rings. The Bertz CT molecular complexity index is 960. The molecule has 1 aliphatic rings. The van der Waals surface area contributed by atoms with Crippen LogP contribution in [0, 0.1) is 0 Å². The third kappa shape index (κ3) is 4.87. The molecule has 2 heterocycles. The van der Waals surface area contributed by atoms with Gasteiger partial charge in [0, 0.05) is 28.9 Å². The molecule has 2 aromatic rings. The Morgan fingerprint density at radius 3 is 2.52 bits per heavy atom. The van der Waals surface area contributed by atoms with Crippen LogP contribution in [-0.2, 0) is 15.4 Å². The summed E-state index contributed by atoms with van der Waals surface area (Å²) in [5.41, 5.74) is 1.24. The van der Waals surface area contributed by atoms with Crippen LogP contribution in [0.1, 0.15) is 69.4 Å². The summed E-state index contributed by atoms with van der Waals surface area (Å²) in [5.74, 6) is -0.298. The van der Waals surface area contributed by atoms with Crippen LogP contribution in [0.2, 0.25) is 0 Å². The summed E-state index contributed by atoms with van der Waals surface area (Å²) in [5, 5.41) is 5.27. The Balaban J connectivity index is 1.74. The summed E-state index contributed by atoms with van der Waals surface area (Å²) < 4.78 is 27.7. The quantitative estimate of drug-likeness (QED) is 0.742. The highest BCUT2D eigenvalue weighted by atomic mass is 32.2. The number of piperidine rings is 1. The molecule has 0 radical (unpaired) electrons. The van der Waals surface area contributed by atoms with Crippen molar-refractivity contribution in [2.45, 2.75) is 69.7 Å². The summed E-state index contributed by atoms with van der Waals surface area (Å²) in [6, 6.07) is 6.22. The third-order valence-electron chi connectivity index (χ3n) is 5.26. The summed E-state index contributed by atoms with van der Waals surface area (Å²) in [6.45, 7) is 8.79. The predicted octanol–water partition coefficient (Wildman–Crippen LogP) is 4.65. The number of nitrogens with one attached hydrogen (secondary N) is 1. The molecular formula is C21H29N3O3S2. The number of sulfonamides is 1. The van der Waals surface area contributed by atoms with E-state index in [2.05, 4.69) is 31.1 Å². The molecule has 158 valence electrons. The standard InChI is InChI=1S/C21H29N3O3S2/c1-5-16-8-6-7-13-24(16)29(26,27)17-11-9-15(10-12-17)19(25)23-20-22-18(14-28-20)21(2,3)4/h9-12,14,16H,5-8,13H2,1-4H3,(H,22,23,25). The highest BCUT2D eigenvalue weighted by molar-refractivity contribution is 7.89. The van der Waals surface area contributed by atoms with Gasteiger partial charge in [0.05, 0.1) is 10.6 Å². The first-order valence-electron chi connectivity index (χ1n) is 10.0. The normalized spacial score (nSPS) is 18.6. The average Bonchev–Trinajstić information content (AvgIpc) is 3.17. The van der Waals surface area contributed by atoms with Gasteiger partial charge in [-0.25, -0.2) is 13.4 Å². The van der Waals surface area contributed by atoms with Gasteiger partial charge in [-0.15, -0.1) is 11.3 Å². The first-order valence-corrected chi connectivity index (χ1v) is 12.3. The molecular weight excluding hydrogens is 406 g/mol. The minimum Gasteiger partial charge on any atom is -0.298 e. The molecule has 3 rings (SSSR count). The van der Waals surface area contributed by atoms with Crippen LogP contribution in [-0.4, -0.2) is 36.2 Å². The van der Waals surface area contributed by atoms with Crippen molar-refractivity contribution >= 4 is 32.4 Å². The molecule has 1 amide bonds. The van der Waals surface area contributed by atoms with Crippen molar-refractivity contribution in [3.8, 4) is 0 Å². The molecule has 8 heteroatoms. The average molecular weight is 436 g/mol. The fourth-order valence-corrected chi connectivity index (χ4v) is 6.16. The Labute approximate surface area is 177 Å². The minimum atomic E-state index is -3.55. The highest BCUT2D eigenvalue weighted by Gasteiger charge is 2.32. The fraction of sp³-hybridized carbons (Fsp3) is 0.524. The molecule has 0 aliphatic carbocycles. The molecule has 1 aliphatic heterocycles. The van der Waals surface area contributed by atoms with Crippen molar-refractivity contribution < 1.29 is 13.2 Å². The van der Waals surface area contributed by atoms with E-state index in [-0.39, 0.29) is 22.3 Å². The number of anilines is 1. The summed E-state index contributed by atoms with van der Waals surface area (Å²) in [6.07, 6.45) is 3.67. The minimum absolute atomic E-state index is 0.0543. The van der Waals surface area contributed by atoms with Gasteiger partial charge in [-0.05, 0) is 43.5 Å². The first kappa shape index (κ1) is 21.9. The lowest BCUT2D eigenvalue weighted by Gasteiger charge is -2.34. The van der Waals surface area contributed by atoms with Gasteiger partial charge in [-0.3, -0.25) is 10.1 Å². The number of hydrogen-bond donors (Lipinski definition) is 1. The van der Waals surface area contributed by atoms with Crippen molar-refractivity contribution in [1.82, 2.24) is 9.29 Å². The lowest BCUT2D eigenvalue weighted by molar-refractivity contribution is 0.102. The summed E-state index contributed by atoms with van der Waals surface area (Å²) >= 11 is 1.38. The highest BCUT2D eigenvalue weighted by Crippen LogP contribution is 2.28. The Kier molecular flexibility index (Phi) is 6.45. The molecule has 29 heavy (non-hydrogen) atoms. The smallest absolute Gasteiger partial charge is 0.257 e. The monoisotopic (exact) mass is 435 g/mol. The van der Waals surface area contributed by atoms with Gasteiger partial charge in [0.1, 0.15) is 0 Å². The maximum absolute atomic E-state index is 13.0. The molecule has 0 bridgehead atoms. The summed E-state index contributed by atoms with van der Waals surface area (Å²) in [4.78, 5) is 17.2. The van der Waals surface area contributed by atoms with Crippen LogP contribution in [0.4, 0.5) is 5.13 Å². The zero-order valence-corrected chi connectivity index (χ0v) is 19.1. The Morgan fingerprint density at radius 2 is 1.93 bits per heavy atom. The molecule has 1 atom stereocenters. The van der Waals surface area contributed by atoms with Crippen LogP contribution in [0.15, 0.2) is 34.5 Å². The zero-order valence-electron chi connectivity index (χ0n) is 17.4. The number of rotatable bonds is 5. The number of thiazole rings is 1. The SMILES string of the molecule is CCC1CCCCN1S(=O)(=O)c1ccc(C(=O)Nc2nc(C(C)(C)C)cs2)cc1. The zero-order chi connectivity index (χ0) is 21.2. The molecule has 1 unspecified atom stereocenters. The number of hydrogen-bond acceptors (Lipinski definition) is 5. The topological polar surface area (TPSA) is 79.4 Å². The predicted molar refractivity (Wildman–Crippen MR) is 117 cm³/mol. The van der Waals surface area contributed by atoms with Crippen LogP contribution < -0.4 is 5.32 Å².